The predicted octanol–water partition coefficient (Wildman–Crippen LogP) is 1.71. The Morgan fingerprint density at radius 3 is 2.39 bits per heavy atom. The molecule has 0 radical (unpaired) electrons. The highest BCUT2D eigenvalue weighted by Gasteiger charge is 2.27. The van der Waals surface area contributed by atoms with E-state index in [2.05, 4.69) is 19.2 Å². The molecule has 1 amide bonds. The first-order valence-corrected chi connectivity index (χ1v) is 8.15. The third kappa shape index (κ3) is 4.51. The molecule has 1 fully saturated rings. The van der Waals surface area contributed by atoms with E-state index in [0.29, 0.717) is 24.1 Å². The molecule has 0 aromatic heterocycles. The van der Waals surface area contributed by atoms with Crippen molar-refractivity contribution in [2.24, 2.45) is 11.8 Å². The Morgan fingerprint density at radius 2 is 1.83 bits per heavy atom. The van der Waals surface area contributed by atoms with Crippen molar-refractivity contribution in [3.05, 3.63) is 33.4 Å². The number of nitro benzene ring substituents is 1. The number of carbonyl (C=O) groups is 1. The third-order valence-corrected chi connectivity index (χ3v) is 4.57. The van der Waals surface area contributed by atoms with Gasteiger partial charge in [-0.3, -0.25) is 14.9 Å². The lowest BCUT2D eigenvalue weighted by atomic mass is 9.92. The fourth-order valence-corrected chi connectivity index (χ4v) is 3.54. The van der Waals surface area contributed by atoms with Gasteiger partial charge in [-0.2, -0.15) is 0 Å². The molecule has 1 aliphatic heterocycles. The second-order valence-corrected chi connectivity index (χ2v) is 7.04. The zero-order valence-electron chi connectivity index (χ0n) is 14.3. The van der Waals surface area contributed by atoms with Crippen molar-refractivity contribution in [1.29, 1.82) is 0 Å². The summed E-state index contributed by atoms with van der Waals surface area (Å²) in [5.74, 6) is 1.06. The van der Waals surface area contributed by atoms with Crippen LogP contribution in [0.3, 0.4) is 0 Å². The molecule has 0 bridgehead atoms. The highest BCUT2D eigenvalue weighted by Crippen LogP contribution is 2.27. The summed E-state index contributed by atoms with van der Waals surface area (Å²) < 4.78 is 0. The SMILES string of the molecule is Cc1cc(NC(=O)C[NH+]2C[C@@H](C)C[C@H](C)C2)c([N+](=O)[O-])cc1C. The molecular weight excluding hydrogens is 294 g/mol. The van der Waals surface area contributed by atoms with Crippen LogP contribution in [0, 0.1) is 35.8 Å². The maximum atomic E-state index is 12.3. The zero-order chi connectivity index (χ0) is 17.1. The molecule has 2 N–H and O–H groups in total. The van der Waals surface area contributed by atoms with Gasteiger partial charge in [-0.25, -0.2) is 0 Å². The Balaban J connectivity index is 2.08. The first-order valence-electron chi connectivity index (χ1n) is 8.15. The van der Waals surface area contributed by atoms with E-state index in [-0.39, 0.29) is 11.6 Å². The van der Waals surface area contributed by atoms with Gasteiger partial charge in [0.25, 0.3) is 11.6 Å². The van der Waals surface area contributed by atoms with E-state index in [9.17, 15) is 14.9 Å². The normalized spacial score (nSPS) is 24.3. The van der Waals surface area contributed by atoms with E-state index in [0.717, 1.165) is 24.2 Å². The maximum Gasteiger partial charge on any atom is 0.293 e. The topological polar surface area (TPSA) is 76.7 Å². The van der Waals surface area contributed by atoms with Crippen LogP contribution in [-0.2, 0) is 4.79 Å². The van der Waals surface area contributed by atoms with E-state index in [1.54, 1.807) is 6.07 Å². The smallest absolute Gasteiger partial charge is 0.293 e. The summed E-state index contributed by atoms with van der Waals surface area (Å²) in [4.78, 5) is 24.3. The van der Waals surface area contributed by atoms with Gasteiger partial charge in [0, 0.05) is 17.9 Å². The number of piperidine rings is 1. The van der Waals surface area contributed by atoms with Crippen molar-refractivity contribution in [1.82, 2.24) is 0 Å². The molecule has 1 aliphatic rings. The van der Waals surface area contributed by atoms with Crippen LogP contribution < -0.4 is 10.2 Å². The molecule has 2 atom stereocenters. The van der Waals surface area contributed by atoms with Gasteiger partial charge in [0.2, 0.25) is 0 Å². The fourth-order valence-electron chi connectivity index (χ4n) is 3.54. The minimum absolute atomic E-state index is 0.0446. The number of rotatable bonds is 4. The van der Waals surface area contributed by atoms with Gasteiger partial charge in [0.05, 0.1) is 18.0 Å². The van der Waals surface area contributed by atoms with E-state index in [1.165, 1.54) is 17.4 Å². The average Bonchev–Trinajstić information content (AvgIpc) is 2.40. The van der Waals surface area contributed by atoms with Gasteiger partial charge in [0.1, 0.15) is 5.69 Å². The monoisotopic (exact) mass is 320 g/mol. The second kappa shape index (κ2) is 7.08. The highest BCUT2D eigenvalue weighted by atomic mass is 16.6. The summed E-state index contributed by atoms with van der Waals surface area (Å²) in [6.07, 6.45) is 1.20. The van der Waals surface area contributed by atoms with Gasteiger partial charge >= 0.3 is 0 Å². The number of nitrogens with one attached hydrogen (secondary N) is 2. The molecule has 0 unspecified atom stereocenters. The van der Waals surface area contributed by atoms with Gasteiger partial charge < -0.3 is 10.2 Å². The molecule has 6 nitrogen and oxygen atoms in total. The molecule has 1 aromatic carbocycles. The van der Waals surface area contributed by atoms with Crippen LogP contribution in [0.1, 0.15) is 31.4 Å². The molecule has 6 heteroatoms. The van der Waals surface area contributed by atoms with Gasteiger partial charge in [-0.05, 0) is 37.5 Å². The summed E-state index contributed by atoms with van der Waals surface area (Å²) in [6.45, 7) is 10.4. The fraction of sp³-hybridized carbons (Fsp3) is 0.588. The van der Waals surface area contributed by atoms with Crippen LogP contribution in [0.15, 0.2) is 12.1 Å². The first kappa shape index (κ1) is 17.4. The average molecular weight is 320 g/mol. The molecule has 0 spiro atoms. The standard InChI is InChI=1S/C17H25N3O3/c1-11-5-12(2)9-19(8-11)10-17(21)18-15-6-13(3)14(4)7-16(15)20(22)23/h6-7,11-12H,5,8-10H2,1-4H3,(H,18,21)/p+1/t11-,12-/m0/s1. The van der Waals surface area contributed by atoms with Crippen molar-refractivity contribution in [2.75, 3.05) is 25.0 Å². The van der Waals surface area contributed by atoms with Gasteiger partial charge in [0.15, 0.2) is 6.54 Å². The molecule has 1 aromatic rings. The number of likely N-dealkylation sites (tertiary alicyclic amines) is 1. The quantitative estimate of drug-likeness (QED) is 0.655. The Labute approximate surface area is 137 Å². The Morgan fingerprint density at radius 1 is 1.26 bits per heavy atom. The highest BCUT2D eigenvalue weighted by molar-refractivity contribution is 5.94. The predicted molar refractivity (Wildman–Crippen MR) is 89.7 cm³/mol. The van der Waals surface area contributed by atoms with Crippen LogP contribution in [0.25, 0.3) is 0 Å². The molecule has 0 aliphatic carbocycles. The third-order valence-electron chi connectivity index (χ3n) is 4.57. The van der Waals surface area contributed by atoms with Crippen molar-refractivity contribution >= 4 is 17.3 Å². The summed E-state index contributed by atoms with van der Waals surface area (Å²) in [6, 6.07) is 3.20. The molecule has 0 saturated carbocycles. The molecule has 23 heavy (non-hydrogen) atoms. The Bertz CT molecular complexity index is 605. The number of amides is 1. The van der Waals surface area contributed by atoms with E-state index < -0.39 is 4.92 Å². The number of aryl methyl sites for hydroxylation is 2. The Hall–Kier alpha value is -1.95. The van der Waals surface area contributed by atoms with E-state index in [4.69, 9.17) is 0 Å². The number of quaternary nitrogens is 1. The van der Waals surface area contributed by atoms with Crippen molar-refractivity contribution < 1.29 is 14.6 Å². The summed E-state index contributed by atoms with van der Waals surface area (Å²) in [5, 5.41) is 13.9. The van der Waals surface area contributed by atoms with Crippen LogP contribution in [-0.4, -0.2) is 30.5 Å². The van der Waals surface area contributed by atoms with Crippen LogP contribution in [0.4, 0.5) is 11.4 Å². The molecular formula is C17H26N3O3+. The lowest BCUT2D eigenvalue weighted by molar-refractivity contribution is -0.904. The number of hydrogen-bond donors (Lipinski definition) is 2. The number of benzene rings is 1. The first-order chi connectivity index (χ1) is 10.8. The molecule has 1 saturated heterocycles. The lowest BCUT2D eigenvalue weighted by Crippen LogP contribution is -3.15. The van der Waals surface area contributed by atoms with Gasteiger partial charge in [-0.1, -0.05) is 13.8 Å². The van der Waals surface area contributed by atoms with Crippen LogP contribution in [0.2, 0.25) is 0 Å². The summed E-state index contributed by atoms with van der Waals surface area (Å²) >= 11 is 0. The number of hydrogen-bond acceptors (Lipinski definition) is 3. The molecule has 1 heterocycles. The second-order valence-electron chi connectivity index (χ2n) is 7.04. The lowest BCUT2D eigenvalue weighted by Gasteiger charge is -2.31. The van der Waals surface area contributed by atoms with Crippen molar-refractivity contribution in [3.8, 4) is 0 Å². The molecule has 2 rings (SSSR count). The summed E-state index contributed by atoms with van der Waals surface area (Å²) in [7, 11) is 0. The Kier molecular flexibility index (Phi) is 5.36. The zero-order valence-corrected chi connectivity index (χ0v) is 14.3. The number of carbonyl (C=O) groups excluding carboxylic acids is 1. The maximum absolute atomic E-state index is 12.3. The van der Waals surface area contributed by atoms with Crippen LogP contribution >= 0.6 is 0 Å². The number of anilines is 1. The summed E-state index contributed by atoms with van der Waals surface area (Å²) in [5.41, 5.74) is 2.02. The largest absolute Gasteiger partial charge is 0.327 e. The number of nitrogens with zero attached hydrogens (tertiary/aromatic N) is 1. The minimum Gasteiger partial charge on any atom is -0.327 e. The van der Waals surface area contributed by atoms with Crippen molar-refractivity contribution in [2.45, 2.75) is 34.1 Å². The number of nitro groups is 1. The van der Waals surface area contributed by atoms with Gasteiger partial charge in [-0.15, -0.1) is 0 Å². The van der Waals surface area contributed by atoms with E-state index in [1.807, 2.05) is 13.8 Å². The van der Waals surface area contributed by atoms with E-state index >= 15 is 0 Å². The minimum atomic E-state index is -0.444. The van der Waals surface area contributed by atoms with Crippen molar-refractivity contribution in [3.63, 3.8) is 0 Å². The van der Waals surface area contributed by atoms with Crippen LogP contribution in [0.5, 0.6) is 0 Å². The molecule has 126 valence electrons.